The summed E-state index contributed by atoms with van der Waals surface area (Å²) in [6.45, 7) is 2.59. The molecule has 14 heavy (non-hydrogen) atoms. The van der Waals surface area contributed by atoms with Crippen molar-refractivity contribution in [3.05, 3.63) is 29.3 Å². The summed E-state index contributed by atoms with van der Waals surface area (Å²) in [5.74, 6) is 0.914. The first-order chi connectivity index (χ1) is 6.84. The van der Waals surface area contributed by atoms with Crippen molar-refractivity contribution in [1.82, 2.24) is 5.32 Å². The fraction of sp³-hybridized carbons (Fsp3) is 0.455. The van der Waals surface area contributed by atoms with Crippen LogP contribution in [0.25, 0.3) is 0 Å². The summed E-state index contributed by atoms with van der Waals surface area (Å²) in [7, 11) is 1.69. The van der Waals surface area contributed by atoms with Crippen LogP contribution in [0.4, 0.5) is 0 Å². The number of ether oxygens (including phenoxy) is 2. The molecule has 0 unspecified atom stereocenters. The molecule has 2 heterocycles. The standard InChI is InChI=1S/C11H13NO2/c1-13-9-2-3-10-8(4-9)5-14-11(10)6-12-7-11/h2-4,12H,5-7H2,1H3. The van der Waals surface area contributed by atoms with Gasteiger partial charge >= 0.3 is 0 Å². The molecule has 0 saturated carbocycles. The van der Waals surface area contributed by atoms with E-state index in [0.717, 1.165) is 18.8 Å². The zero-order chi connectivity index (χ0) is 9.60. The Hall–Kier alpha value is -1.06. The molecule has 1 aromatic carbocycles. The summed E-state index contributed by atoms with van der Waals surface area (Å²) in [4.78, 5) is 0. The lowest BCUT2D eigenvalue weighted by molar-refractivity contribution is -0.0746. The Bertz CT molecular complexity index is 372. The van der Waals surface area contributed by atoms with Crippen LogP contribution in [-0.4, -0.2) is 20.2 Å². The lowest BCUT2D eigenvalue weighted by Crippen LogP contribution is -2.56. The minimum atomic E-state index is -0.0262. The molecule has 1 spiro atoms. The predicted molar refractivity (Wildman–Crippen MR) is 52.3 cm³/mol. The molecule has 2 aliphatic rings. The highest BCUT2D eigenvalue weighted by Crippen LogP contribution is 2.40. The molecule has 0 bridgehead atoms. The summed E-state index contributed by atoms with van der Waals surface area (Å²) in [5.41, 5.74) is 2.57. The molecule has 0 aromatic heterocycles. The lowest BCUT2D eigenvalue weighted by Gasteiger charge is -2.39. The van der Waals surface area contributed by atoms with Crippen LogP contribution in [-0.2, 0) is 16.9 Å². The largest absolute Gasteiger partial charge is 0.497 e. The van der Waals surface area contributed by atoms with Crippen LogP contribution in [0.5, 0.6) is 5.75 Å². The first-order valence-electron chi connectivity index (χ1n) is 4.86. The quantitative estimate of drug-likeness (QED) is 0.719. The van der Waals surface area contributed by atoms with E-state index in [1.807, 2.05) is 6.07 Å². The van der Waals surface area contributed by atoms with Crippen molar-refractivity contribution in [1.29, 1.82) is 0 Å². The third-order valence-electron chi connectivity index (χ3n) is 3.13. The van der Waals surface area contributed by atoms with Gasteiger partial charge in [-0.25, -0.2) is 0 Å². The van der Waals surface area contributed by atoms with Crippen molar-refractivity contribution >= 4 is 0 Å². The van der Waals surface area contributed by atoms with Crippen molar-refractivity contribution in [2.75, 3.05) is 20.2 Å². The molecule has 3 heteroatoms. The molecule has 3 rings (SSSR count). The average molecular weight is 191 g/mol. The summed E-state index contributed by atoms with van der Waals surface area (Å²) in [6.07, 6.45) is 0. The Kier molecular flexibility index (Phi) is 1.60. The summed E-state index contributed by atoms with van der Waals surface area (Å²) < 4.78 is 11.0. The molecule has 1 N–H and O–H groups in total. The first-order valence-corrected chi connectivity index (χ1v) is 4.86. The van der Waals surface area contributed by atoms with Crippen molar-refractivity contribution < 1.29 is 9.47 Å². The zero-order valence-corrected chi connectivity index (χ0v) is 8.17. The van der Waals surface area contributed by atoms with E-state index in [1.54, 1.807) is 7.11 Å². The van der Waals surface area contributed by atoms with Gasteiger partial charge in [0.25, 0.3) is 0 Å². The highest BCUT2D eigenvalue weighted by atomic mass is 16.5. The molecule has 0 radical (unpaired) electrons. The molecule has 1 saturated heterocycles. The topological polar surface area (TPSA) is 30.5 Å². The van der Waals surface area contributed by atoms with E-state index < -0.39 is 0 Å². The van der Waals surface area contributed by atoms with Crippen LogP contribution < -0.4 is 10.1 Å². The SMILES string of the molecule is COc1ccc2c(c1)COC21CNC1. The molecule has 0 amide bonds. The molecule has 74 valence electrons. The smallest absolute Gasteiger partial charge is 0.119 e. The minimum Gasteiger partial charge on any atom is -0.497 e. The molecule has 1 fully saturated rings. The van der Waals surface area contributed by atoms with Gasteiger partial charge < -0.3 is 14.8 Å². The van der Waals surface area contributed by atoms with E-state index >= 15 is 0 Å². The van der Waals surface area contributed by atoms with Gasteiger partial charge in [0, 0.05) is 13.1 Å². The maximum Gasteiger partial charge on any atom is 0.119 e. The fourth-order valence-corrected chi connectivity index (χ4v) is 2.20. The molecular weight excluding hydrogens is 178 g/mol. The van der Waals surface area contributed by atoms with Gasteiger partial charge in [0.2, 0.25) is 0 Å². The Labute approximate surface area is 83.0 Å². The van der Waals surface area contributed by atoms with Gasteiger partial charge in [0.15, 0.2) is 0 Å². The number of benzene rings is 1. The number of hydrogen-bond acceptors (Lipinski definition) is 3. The minimum absolute atomic E-state index is 0.0262. The van der Waals surface area contributed by atoms with Gasteiger partial charge in [-0.05, 0) is 23.3 Å². The Morgan fingerprint density at radius 2 is 2.29 bits per heavy atom. The van der Waals surface area contributed by atoms with Crippen LogP contribution in [0.1, 0.15) is 11.1 Å². The van der Waals surface area contributed by atoms with E-state index in [1.165, 1.54) is 11.1 Å². The van der Waals surface area contributed by atoms with Crippen LogP contribution in [0.3, 0.4) is 0 Å². The maximum atomic E-state index is 5.83. The molecular formula is C11H13NO2. The van der Waals surface area contributed by atoms with Crippen LogP contribution in [0.2, 0.25) is 0 Å². The third-order valence-corrected chi connectivity index (χ3v) is 3.13. The third kappa shape index (κ3) is 0.938. The van der Waals surface area contributed by atoms with E-state index in [-0.39, 0.29) is 5.60 Å². The van der Waals surface area contributed by atoms with Crippen molar-refractivity contribution in [3.63, 3.8) is 0 Å². The van der Waals surface area contributed by atoms with Crippen molar-refractivity contribution in [2.45, 2.75) is 12.2 Å². The molecule has 0 atom stereocenters. The number of nitrogens with one attached hydrogen (secondary N) is 1. The van der Waals surface area contributed by atoms with E-state index in [2.05, 4.69) is 17.4 Å². The Morgan fingerprint density at radius 3 is 2.93 bits per heavy atom. The van der Waals surface area contributed by atoms with Gasteiger partial charge in [0.1, 0.15) is 11.4 Å². The number of rotatable bonds is 1. The average Bonchev–Trinajstić information content (AvgIpc) is 2.55. The van der Waals surface area contributed by atoms with E-state index in [0.29, 0.717) is 6.61 Å². The Morgan fingerprint density at radius 1 is 1.43 bits per heavy atom. The monoisotopic (exact) mass is 191 g/mol. The van der Waals surface area contributed by atoms with Crippen LogP contribution in [0, 0.1) is 0 Å². The molecule has 0 aliphatic carbocycles. The van der Waals surface area contributed by atoms with Crippen molar-refractivity contribution in [2.24, 2.45) is 0 Å². The van der Waals surface area contributed by atoms with Crippen LogP contribution in [0.15, 0.2) is 18.2 Å². The normalized spacial score (nSPS) is 21.8. The van der Waals surface area contributed by atoms with Crippen molar-refractivity contribution in [3.8, 4) is 5.75 Å². The highest BCUT2D eigenvalue weighted by molar-refractivity contribution is 5.43. The number of fused-ring (bicyclic) bond motifs is 2. The van der Waals surface area contributed by atoms with Gasteiger partial charge in [-0.2, -0.15) is 0 Å². The second kappa shape index (κ2) is 2.72. The second-order valence-electron chi connectivity index (χ2n) is 3.91. The highest BCUT2D eigenvalue weighted by Gasteiger charge is 2.45. The van der Waals surface area contributed by atoms with Crippen LogP contribution >= 0.6 is 0 Å². The zero-order valence-electron chi connectivity index (χ0n) is 8.17. The van der Waals surface area contributed by atoms with E-state index in [4.69, 9.17) is 9.47 Å². The lowest BCUT2D eigenvalue weighted by atomic mass is 9.87. The molecule has 3 nitrogen and oxygen atoms in total. The predicted octanol–water partition coefficient (Wildman–Crippen LogP) is 1.02. The first kappa shape index (κ1) is 8.26. The molecule has 2 aliphatic heterocycles. The Balaban J connectivity index is 2.04. The maximum absolute atomic E-state index is 5.83. The summed E-state index contributed by atoms with van der Waals surface area (Å²) >= 11 is 0. The summed E-state index contributed by atoms with van der Waals surface area (Å²) in [6, 6.07) is 6.21. The van der Waals surface area contributed by atoms with Gasteiger partial charge in [-0.3, -0.25) is 0 Å². The second-order valence-corrected chi connectivity index (χ2v) is 3.91. The van der Waals surface area contributed by atoms with Gasteiger partial charge in [-0.1, -0.05) is 6.07 Å². The fourth-order valence-electron chi connectivity index (χ4n) is 2.20. The summed E-state index contributed by atoms with van der Waals surface area (Å²) in [5, 5.41) is 3.26. The van der Waals surface area contributed by atoms with Gasteiger partial charge in [-0.15, -0.1) is 0 Å². The van der Waals surface area contributed by atoms with E-state index in [9.17, 15) is 0 Å². The van der Waals surface area contributed by atoms with Gasteiger partial charge in [0.05, 0.1) is 13.7 Å². The number of methoxy groups -OCH3 is 1. The molecule has 1 aromatic rings. The number of hydrogen-bond donors (Lipinski definition) is 1.